The second-order valence-corrected chi connectivity index (χ2v) is 6.52. The molecule has 0 fully saturated rings. The number of fused-ring (bicyclic) bond motifs is 1. The fourth-order valence-corrected chi connectivity index (χ4v) is 2.65. The van der Waals surface area contributed by atoms with Crippen LogP contribution >= 0.6 is 0 Å². The lowest BCUT2D eigenvalue weighted by atomic mass is 10.1. The molecule has 138 valence electrons. The minimum atomic E-state index is -1.20. The normalized spacial score (nSPS) is 11.1. The van der Waals surface area contributed by atoms with Crippen LogP contribution in [0.1, 0.15) is 48.8 Å². The van der Waals surface area contributed by atoms with Gasteiger partial charge in [-0.25, -0.2) is 4.79 Å². The summed E-state index contributed by atoms with van der Waals surface area (Å²) in [7, 11) is 0. The minimum absolute atomic E-state index is 0.228. The number of ether oxygens (including phenoxy) is 1. The van der Waals surface area contributed by atoms with Crippen molar-refractivity contribution >= 4 is 16.9 Å². The van der Waals surface area contributed by atoms with Crippen molar-refractivity contribution < 1.29 is 14.6 Å². The van der Waals surface area contributed by atoms with Crippen LogP contribution in [0.2, 0.25) is 0 Å². The van der Waals surface area contributed by atoms with E-state index >= 15 is 0 Å². The van der Waals surface area contributed by atoms with Crippen molar-refractivity contribution in [2.75, 3.05) is 6.61 Å². The number of aromatic nitrogens is 2. The first-order valence-electron chi connectivity index (χ1n) is 8.48. The van der Waals surface area contributed by atoms with Gasteiger partial charge in [-0.1, -0.05) is 17.9 Å². The number of hydrogen-bond acceptors (Lipinski definition) is 4. The van der Waals surface area contributed by atoms with E-state index in [0.29, 0.717) is 40.7 Å². The highest BCUT2D eigenvalue weighted by molar-refractivity contribution is 6.07. The third-order valence-corrected chi connectivity index (χ3v) is 3.77. The van der Waals surface area contributed by atoms with Gasteiger partial charge in [-0.15, -0.1) is 6.58 Å². The highest BCUT2D eigenvalue weighted by atomic mass is 16.5. The number of carbonyl (C=O) groups excluding carboxylic acids is 1. The first-order valence-corrected chi connectivity index (χ1v) is 8.48. The average Bonchev–Trinajstić information content (AvgIpc) is 2.90. The molecule has 0 atom stereocenters. The van der Waals surface area contributed by atoms with Gasteiger partial charge in [-0.3, -0.25) is 4.79 Å². The molecule has 0 aliphatic rings. The van der Waals surface area contributed by atoms with Crippen molar-refractivity contribution in [1.82, 2.24) is 9.55 Å². The Kier molecular flexibility index (Phi) is 5.73. The molecule has 2 rings (SSSR count). The van der Waals surface area contributed by atoms with Crippen LogP contribution in [0.25, 0.3) is 10.9 Å². The van der Waals surface area contributed by atoms with Gasteiger partial charge >= 0.3 is 5.97 Å². The summed E-state index contributed by atoms with van der Waals surface area (Å²) in [5, 5.41) is 10.4. The molecule has 2 aromatic heterocycles. The van der Waals surface area contributed by atoms with Crippen LogP contribution in [0.5, 0.6) is 0 Å². The van der Waals surface area contributed by atoms with E-state index < -0.39 is 11.6 Å². The maximum Gasteiger partial charge on any atom is 0.340 e. The number of nitrogens with zero attached hydrogens (tertiary/aromatic N) is 1. The van der Waals surface area contributed by atoms with Crippen LogP contribution in [0.4, 0.5) is 0 Å². The number of aryl methyl sites for hydroxylation is 2. The summed E-state index contributed by atoms with van der Waals surface area (Å²) in [6, 6.07) is 0. The topological polar surface area (TPSA) is 84.3 Å². The highest BCUT2D eigenvalue weighted by Gasteiger charge is 2.22. The molecular formula is C20H24N2O4. The van der Waals surface area contributed by atoms with E-state index in [4.69, 9.17) is 4.74 Å². The molecule has 0 bridgehead atoms. The molecule has 6 heteroatoms. The van der Waals surface area contributed by atoms with Crippen LogP contribution in [0, 0.1) is 18.8 Å². The van der Waals surface area contributed by atoms with E-state index in [1.54, 1.807) is 40.0 Å². The molecule has 0 aliphatic heterocycles. The monoisotopic (exact) mass is 356 g/mol. The number of allylic oxidation sites excluding steroid dienone is 1. The Labute approximate surface area is 152 Å². The summed E-state index contributed by atoms with van der Waals surface area (Å²) < 4.78 is 6.66. The third-order valence-electron chi connectivity index (χ3n) is 3.77. The van der Waals surface area contributed by atoms with Gasteiger partial charge in [-0.05, 0) is 34.1 Å². The molecule has 6 nitrogen and oxygen atoms in total. The largest absolute Gasteiger partial charge is 0.462 e. The molecular weight excluding hydrogens is 332 g/mol. The first-order chi connectivity index (χ1) is 12.2. The second-order valence-electron chi connectivity index (χ2n) is 6.52. The van der Waals surface area contributed by atoms with Crippen molar-refractivity contribution in [2.24, 2.45) is 0 Å². The zero-order valence-electron chi connectivity index (χ0n) is 15.6. The summed E-state index contributed by atoms with van der Waals surface area (Å²) in [5.74, 6) is 5.15. The minimum Gasteiger partial charge on any atom is -0.462 e. The fraction of sp³-hybridized carbons (Fsp3) is 0.400. The zero-order chi connectivity index (χ0) is 19.5. The lowest BCUT2D eigenvalue weighted by molar-refractivity contribution is 0.0528. The van der Waals surface area contributed by atoms with E-state index in [2.05, 4.69) is 23.4 Å². The molecule has 0 radical (unpaired) electrons. The summed E-state index contributed by atoms with van der Waals surface area (Å²) in [4.78, 5) is 28.2. The first kappa shape index (κ1) is 19.5. The Morgan fingerprint density at radius 3 is 2.77 bits per heavy atom. The number of carbonyl (C=O) groups is 1. The van der Waals surface area contributed by atoms with Gasteiger partial charge in [0.15, 0.2) is 0 Å². The van der Waals surface area contributed by atoms with Gasteiger partial charge in [0.1, 0.15) is 11.1 Å². The molecule has 2 N–H and O–H groups in total. The Morgan fingerprint density at radius 1 is 1.50 bits per heavy atom. The Morgan fingerprint density at radius 2 is 2.19 bits per heavy atom. The zero-order valence-corrected chi connectivity index (χ0v) is 15.6. The van der Waals surface area contributed by atoms with Gasteiger partial charge in [0.05, 0.1) is 17.7 Å². The van der Waals surface area contributed by atoms with Crippen molar-refractivity contribution in [3.8, 4) is 11.8 Å². The van der Waals surface area contributed by atoms with Gasteiger partial charge in [0.25, 0.3) is 5.56 Å². The number of hydrogen-bond donors (Lipinski definition) is 2. The molecule has 0 unspecified atom stereocenters. The molecule has 0 amide bonds. The van der Waals surface area contributed by atoms with E-state index in [1.165, 1.54) is 4.57 Å². The van der Waals surface area contributed by atoms with E-state index in [0.717, 1.165) is 0 Å². The van der Waals surface area contributed by atoms with Gasteiger partial charge in [-0.2, -0.15) is 0 Å². The van der Waals surface area contributed by atoms with Crippen molar-refractivity contribution in [3.63, 3.8) is 0 Å². The van der Waals surface area contributed by atoms with E-state index in [1.807, 2.05) is 0 Å². The molecule has 0 spiro atoms. The number of pyridine rings is 1. The Bertz CT molecular complexity index is 962. The summed E-state index contributed by atoms with van der Waals surface area (Å²) in [6.07, 6.45) is 3.96. The average molecular weight is 356 g/mol. The van der Waals surface area contributed by atoms with Gasteiger partial charge in [0.2, 0.25) is 0 Å². The highest BCUT2D eigenvalue weighted by Crippen LogP contribution is 2.24. The maximum absolute atomic E-state index is 12.8. The number of rotatable bonds is 5. The van der Waals surface area contributed by atoms with E-state index in [9.17, 15) is 14.7 Å². The summed E-state index contributed by atoms with van der Waals surface area (Å²) >= 11 is 0. The van der Waals surface area contributed by atoms with Crippen LogP contribution < -0.4 is 5.56 Å². The second kappa shape index (κ2) is 7.63. The van der Waals surface area contributed by atoms with Crippen LogP contribution in [0.3, 0.4) is 0 Å². The predicted molar refractivity (Wildman–Crippen MR) is 101 cm³/mol. The quantitative estimate of drug-likeness (QED) is 0.490. The number of aromatic amines is 1. The number of nitrogens with one attached hydrogen (secondary N) is 1. The summed E-state index contributed by atoms with van der Waals surface area (Å²) in [5.41, 5.74) is 0.187. The number of esters is 1. The smallest absolute Gasteiger partial charge is 0.340 e. The molecule has 0 aliphatic carbocycles. The lowest BCUT2D eigenvalue weighted by Gasteiger charge is -2.09. The number of H-pyrrole nitrogens is 1. The van der Waals surface area contributed by atoms with Crippen LogP contribution in [-0.4, -0.2) is 32.8 Å². The summed E-state index contributed by atoms with van der Waals surface area (Å²) in [6.45, 7) is 10.9. The van der Waals surface area contributed by atoms with Gasteiger partial charge < -0.3 is 19.4 Å². The van der Waals surface area contributed by atoms with Crippen LogP contribution in [0.15, 0.2) is 23.6 Å². The van der Waals surface area contributed by atoms with Crippen molar-refractivity contribution in [2.45, 2.75) is 46.3 Å². The molecule has 26 heavy (non-hydrogen) atoms. The van der Waals surface area contributed by atoms with Crippen molar-refractivity contribution in [1.29, 1.82) is 0 Å². The SMILES string of the molecule is C=CCCn1cc(C#CC(C)(C)O)c2c(C(=O)OCC)c(C)[nH]c2c1=O. The Hall–Kier alpha value is -2.78. The predicted octanol–water partition coefficient (Wildman–Crippen LogP) is 2.51. The fourth-order valence-electron chi connectivity index (χ4n) is 2.65. The molecule has 0 saturated heterocycles. The van der Waals surface area contributed by atoms with E-state index in [-0.39, 0.29) is 12.2 Å². The number of aliphatic hydroxyl groups is 1. The third kappa shape index (κ3) is 4.06. The molecule has 0 saturated carbocycles. The standard InChI is InChI=1S/C20H24N2O4/c1-6-8-11-22-12-14(9-10-20(4,5)25)16-15(19(24)26-7-2)13(3)21-17(16)18(22)23/h6,12,21,25H,1,7-8,11H2,2-5H3. The molecule has 0 aromatic carbocycles. The molecule has 2 heterocycles. The van der Waals surface area contributed by atoms with Gasteiger partial charge in [0, 0.05) is 23.8 Å². The molecule has 2 aromatic rings. The van der Waals surface area contributed by atoms with Crippen molar-refractivity contribution in [3.05, 3.63) is 46.0 Å². The lowest BCUT2D eigenvalue weighted by Crippen LogP contribution is -2.21. The maximum atomic E-state index is 12.8. The Balaban J connectivity index is 2.83. The van der Waals surface area contributed by atoms with Crippen LogP contribution in [-0.2, 0) is 11.3 Å².